The van der Waals surface area contributed by atoms with Gasteiger partial charge in [0.15, 0.2) is 0 Å². The number of imidazole rings is 1. The van der Waals surface area contributed by atoms with Gasteiger partial charge in [-0.05, 0) is 49.6 Å². The lowest BCUT2D eigenvalue weighted by Gasteiger charge is -2.04. The highest BCUT2D eigenvalue weighted by Crippen LogP contribution is 2.33. The third kappa shape index (κ3) is 3.70. The lowest BCUT2D eigenvalue weighted by molar-refractivity contribution is 0.0950. The minimum absolute atomic E-state index is 0.155. The van der Waals surface area contributed by atoms with Crippen LogP contribution in [0.15, 0.2) is 47.0 Å². The first-order chi connectivity index (χ1) is 14.7. The molecule has 1 aliphatic carbocycles. The van der Waals surface area contributed by atoms with Crippen molar-refractivity contribution in [1.82, 2.24) is 25.4 Å². The molecule has 0 spiro atoms. The number of nitrogens with one attached hydrogen (secondary N) is 2. The lowest BCUT2D eigenvalue weighted by atomic mass is 10.1. The van der Waals surface area contributed by atoms with Crippen LogP contribution in [0.5, 0.6) is 0 Å². The van der Waals surface area contributed by atoms with Crippen LogP contribution in [-0.2, 0) is 6.54 Å². The molecule has 7 nitrogen and oxygen atoms in total. The highest BCUT2D eigenvalue weighted by atomic mass is 16.5. The molecule has 0 saturated heterocycles. The van der Waals surface area contributed by atoms with Crippen molar-refractivity contribution in [2.75, 3.05) is 0 Å². The molecular weight excluding hydrogens is 378 g/mol. The molecule has 30 heavy (non-hydrogen) atoms. The van der Waals surface area contributed by atoms with Gasteiger partial charge in [-0.3, -0.25) is 4.79 Å². The number of hydrogen-bond acceptors (Lipinski definition) is 5. The first-order valence-corrected chi connectivity index (χ1v) is 10.3. The largest absolute Gasteiger partial charge is 0.345 e. The number of amides is 1. The zero-order valence-electron chi connectivity index (χ0n) is 16.8. The van der Waals surface area contributed by atoms with E-state index in [9.17, 15) is 4.79 Å². The summed E-state index contributed by atoms with van der Waals surface area (Å²) in [6.45, 7) is 2.37. The third-order valence-electron chi connectivity index (χ3n) is 5.65. The molecule has 1 fully saturated rings. The van der Waals surface area contributed by atoms with Crippen LogP contribution in [-0.4, -0.2) is 26.0 Å². The van der Waals surface area contributed by atoms with E-state index < -0.39 is 0 Å². The second-order valence-corrected chi connectivity index (χ2v) is 7.90. The Kier molecular flexibility index (Phi) is 4.78. The molecule has 4 aromatic rings. The quantitative estimate of drug-likeness (QED) is 0.513. The van der Waals surface area contributed by atoms with Crippen molar-refractivity contribution in [3.05, 3.63) is 65.3 Å². The van der Waals surface area contributed by atoms with Crippen molar-refractivity contribution in [2.45, 2.75) is 45.1 Å². The van der Waals surface area contributed by atoms with Crippen LogP contribution in [0.2, 0.25) is 0 Å². The monoisotopic (exact) mass is 401 g/mol. The summed E-state index contributed by atoms with van der Waals surface area (Å²) in [4.78, 5) is 24.8. The van der Waals surface area contributed by atoms with E-state index in [1.165, 1.54) is 18.4 Å². The molecule has 5 rings (SSSR count). The number of aromatic nitrogens is 4. The van der Waals surface area contributed by atoms with Crippen molar-refractivity contribution in [2.24, 2.45) is 0 Å². The number of fused-ring (bicyclic) bond motifs is 1. The molecule has 7 heteroatoms. The number of aryl methyl sites for hydroxylation is 1. The average molecular weight is 401 g/mol. The van der Waals surface area contributed by atoms with Crippen molar-refractivity contribution >= 4 is 16.9 Å². The number of benzene rings is 2. The van der Waals surface area contributed by atoms with Crippen molar-refractivity contribution in [1.29, 1.82) is 0 Å². The van der Waals surface area contributed by atoms with Gasteiger partial charge >= 0.3 is 0 Å². The summed E-state index contributed by atoms with van der Waals surface area (Å²) in [5.74, 6) is 2.26. The van der Waals surface area contributed by atoms with Crippen LogP contribution >= 0.6 is 0 Å². The smallest absolute Gasteiger partial charge is 0.251 e. The van der Waals surface area contributed by atoms with Crippen LogP contribution < -0.4 is 5.32 Å². The molecule has 1 saturated carbocycles. The predicted molar refractivity (Wildman–Crippen MR) is 113 cm³/mol. The second kappa shape index (κ2) is 7.74. The summed E-state index contributed by atoms with van der Waals surface area (Å²) >= 11 is 0. The van der Waals surface area contributed by atoms with Gasteiger partial charge in [-0.1, -0.05) is 36.2 Å². The lowest BCUT2D eigenvalue weighted by Crippen LogP contribution is -2.23. The summed E-state index contributed by atoms with van der Waals surface area (Å²) in [6.07, 6.45) is 4.68. The van der Waals surface area contributed by atoms with E-state index in [4.69, 9.17) is 4.52 Å². The number of carbonyl (C=O) groups excluding carboxylic acids is 1. The van der Waals surface area contributed by atoms with Gasteiger partial charge in [-0.15, -0.1) is 0 Å². The zero-order chi connectivity index (χ0) is 20.5. The normalized spacial score (nSPS) is 14.4. The molecule has 2 aromatic carbocycles. The number of H-pyrrole nitrogens is 1. The minimum Gasteiger partial charge on any atom is -0.345 e. The fraction of sp³-hybridized carbons (Fsp3) is 0.304. The Morgan fingerprint density at radius 3 is 2.73 bits per heavy atom. The topological polar surface area (TPSA) is 96.7 Å². The molecule has 0 atom stereocenters. The maximum Gasteiger partial charge on any atom is 0.251 e. The molecule has 1 aliphatic rings. The maximum absolute atomic E-state index is 12.5. The standard InChI is InChI=1S/C23H23N5O2/c1-14-6-11-18-19(12-14)26-20(25-18)13-24-22(29)16-9-7-15(8-10-16)21-27-23(30-28-21)17-4-2-3-5-17/h6-12,17H,2-5,13H2,1H3,(H,24,29)(H,25,26). The highest BCUT2D eigenvalue weighted by molar-refractivity contribution is 5.94. The molecule has 0 unspecified atom stereocenters. The van der Waals surface area contributed by atoms with Gasteiger partial charge in [0, 0.05) is 17.0 Å². The molecule has 2 aromatic heterocycles. The van der Waals surface area contributed by atoms with Gasteiger partial charge in [0.25, 0.3) is 5.91 Å². The fourth-order valence-electron chi connectivity index (χ4n) is 3.99. The van der Waals surface area contributed by atoms with Gasteiger partial charge in [-0.25, -0.2) is 4.98 Å². The SMILES string of the molecule is Cc1ccc2nc(CNC(=O)c3ccc(-c4noc(C5CCCC5)n4)cc3)[nH]c2c1. The van der Waals surface area contributed by atoms with Crippen molar-refractivity contribution < 1.29 is 9.32 Å². The van der Waals surface area contributed by atoms with Crippen LogP contribution in [0.1, 0.15) is 59.2 Å². The van der Waals surface area contributed by atoms with E-state index >= 15 is 0 Å². The molecule has 0 bridgehead atoms. The summed E-state index contributed by atoms with van der Waals surface area (Å²) in [6, 6.07) is 13.3. The summed E-state index contributed by atoms with van der Waals surface area (Å²) in [5.41, 5.74) is 4.45. The van der Waals surface area contributed by atoms with Crippen LogP contribution in [0.3, 0.4) is 0 Å². The number of aromatic amines is 1. The van der Waals surface area contributed by atoms with Gasteiger partial charge in [0.05, 0.1) is 17.6 Å². The van der Waals surface area contributed by atoms with Crippen LogP contribution in [0, 0.1) is 6.92 Å². The van der Waals surface area contributed by atoms with Crippen molar-refractivity contribution in [3.8, 4) is 11.4 Å². The van der Waals surface area contributed by atoms with E-state index in [-0.39, 0.29) is 5.91 Å². The van der Waals surface area contributed by atoms with Gasteiger partial charge in [0.1, 0.15) is 5.82 Å². The third-order valence-corrected chi connectivity index (χ3v) is 5.65. The van der Waals surface area contributed by atoms with E-state index in [1.54, 1.807) is 12.1 Å². The van der Waals surface area contributed by atoms with Gasteiger partial charge in [-0.2, -0.15) is 4.98 Å². The molecule has 152 valence electrons. The molecule has 0 radical (unpaired) electrons. The fourth-order valence-corrected chi connectivity index (χ4v) is 3.99. The average Bonchev–Trinajstić information content (AvgIpc) is 3.51. The summed E-state index contributed by atoms with van der Waals surface area (Å²) in [5, 5.41) is 7.02. The van der Waals surface area contributed by atoms with E-state index in [2.05, 4.69) is 25.4 Å². The van der Waals surface area contributed by atoms with Gasteiger partial charge < -0.3 is 14.8 Å². The molecule has 1 amide bonds. The molecule has 2 N–H and O–H groups in total. The second-order valence-electron chi connectivity index (χ2n) is 7.90. The Hall–Kier alpha value is -3.48. The van der Waals surface area contributed by atoms with Crippen LogP contribution in [0.4, 0.5) is 0 Å². The zero-order valence-corrected chi connectivity index (χ0v) is 16.8. The van der Waals surface area contributed by atoms with E-state index in [0.29, 0.717) is 23.9 Å². The molecule has 0 aliphatic heterocycles. The summed E-state index contributed by atoms with van der Waals surface area (Å²) in [7, 11) is 0. The molecular formula is C23H23N5O2. The van der Waals surface area contributed by atoms with Gasteiger partial charge in [0.2, 0.25) is 11.7 Å². The Bertz CT molecular complexity index is 1190. The first-order valence-electron chi connectivity index (χ1n) is 10.3. The van der Waals surface area contributed by atoms with E-state index in [0.717, 1.165) is 41.2 Å². The number of nitrogens with zero attached hydrogens (tertiary/aromatic N) is 3. The number of carbonyl (C=O) groups is 1. The summed E-state index contributed by atoms with van der Waals surface area (Å²) < 4.78 is 5.45. The Morgan fingerprint density at radius 2 is 1.93 bits per heavy atom. The Morgan fingerprint density at radius 1 is 1.13 bits per heavy atom. The first kappa shape index (κ1) is 18.5. The highest BCUT2D eigenvalue weighted by Gasteiger charge is 2.23. The number of rotatable bonds is 5. The minimum atomic E-state index is -0.155. The maximum atomic E-state index is 12.5. The van der Waals surface area contributed by atoms with Crippen molar-refractivity contribution in [3.63, 3.8) is 0 Å². The Balaban J connectivity index is 1.24. The molecule has 2 heterocycles. The Labute approximate surface area is 173 Å². The van der Waals surface area contributed by atoms with E-state index in [1.807, 2.05) is 37.3 Å². The number of hydrogen-bond donors (Lipinski definition) is 2. The predicted octanol–water partition coefficient (Wildman–Crippen LogP) is 4.51. The van der Waals surface area contributed by atoms with Crippen LogP contribution in [0.25, 0.3) is 22.4 Å².